The fraction of sp³-hybridized carbons (Fsp3) is 0.500. The molecule has 1 unspecified atom stereocenters. The molecular weight excluding hydrogens is 268 g/mol. The van der Waals surface area contributed by atoms with Gasteiger partial charge in [0.1, 0.15) is 6.04 Å². The fourth-order valence-electron chi connectivity index (χ4n) is 1.98. The molecule has 5 nitrogen and oxygen atoms in total. The molecule has 0 heterocycles. The molecule has 5 heteroatoms. The predicted octanol–water partition coefficient (Wildman–Crippen LogP) is 2.34. The second kappa shape index (κ2) is 8.29. The summed E-state index contributed by atoms with van der Waals surface area (Å²) in [5.74, 6) is -0.795. The Morgan fingerprint density at radius 3 is 2.33 bits per heavy atom. The van der Waals surface area contributed by atoms with Gasteiger partial charge in [-0.15, -0.1) is 0 Å². The first-order chi connectivity index (χ1) is 9.88. The number of aryl methyl sites for hydroxylation is 1. The van der Waals surface area contributed by atoms with Crippen molar-refractivity contribution in [3.63, 3.8) is 0 Å². The lowest BCUT2D eigenvalue weighted by atomic mass is 10.0. The van der Waals surface area contributed by atoms with Crippen LogP contribution >= 0.6 is 0 Å². The van der Waals surface area contributed by atoms with Gasteiger partial charge in [0.25, 0.3) is 0 Å². The molecule has 0 fully saturated rings. The molecule has 1 atom stereocenters. The maximum absolute atomic E-state index is 11.7. The summed E-state index contributed by atoms with van der Waals surface area (Å²) in [7, 11) is 0. The molecule has 1 aromatic carbocycles. The van der Waals surface area contributed by atoms with Crippen molar-refractivity contribution >= 4 is 12.0 Å². The summed E-state index contributed by atoms with van der Waals surface area (Å²) < 4.78 is 0. The van der Waals surface area contributed by atoms with Gasteiger partial charge in [0.2, 0.25) is 0 Å². The third kappa shape index (κ3) is 6.79. The Kier molecular flexibility index (Phi) is 6.72. The largest absolute Gasteiger partial charge is 0.480 e. The van der Waals surface area contributed by atoms with E-state index in [9.17, 15) is 9.59 Å². The molecule has 0 bridgehead atoms. The van der Waals surface area contributed by atoms with E-state index in [1.807, 2.05) is 45.0 Å². The van der Waals surface area contributed by atoms with E-state index in [1.54, 1.807) is 0 Å². The number of carboxylic acid groups (broad SMARTS) is 1. The summed E-state index contributed by atoms with van der Waals surface area (Å²) in [6, 6.07) is 6.82. The third-order valence-electron chi connectivity index (χ3n) is 3.13. The fourth-order valence-corrected chi connectivity index (χ4v) is 1.98. The van der Waals surface area contributed by atoms with Crippen molar-refractivity contribution < 1.29 is 14.7 Å². The van der Waals surface area contributed by atoms with E-state index < -0.39 is 18.0 Å². The van der Waals surface area contributed by atoms with Crippen molar-refractivity contribution in [2.75, 3.05) is 6.54 Å². The first kappa shape index (κ1) is 17.0. The number of carbonyl (C=O) groups is 2. The maximum atomic E-state index is 11.7. The standard InChI is InChI=1S/C16H24N2O3/c1-11(2)10-14(15(19)20)18-16(21)17-9-8-13-6-4-12(3)5-7-13/h4-7,11,14H,8-10H2,1-3H3,(H,19,20)(H2,17,18,21). The SMILES string of the molecule is Cc1ccc(CCNC(=O)NC(CC(C)C)C(=O)O)cc1. The van der Waals surface area contributed by atoms with Gasteiger partial charge >= 0.3 is 12.0 Å². The smallest absolute Gasteiger partial charge is 0.326 e. The number of urea groups is 1. The van der Waals surface area contributed by atoms with Gasteiger partial charge in [-0.3, -0.25) is 0 Å². The van der Waals surface area contributed by atoms with Gasteiger partial charge in [-0.25, -0.2) is 9.59 Å². The molecular formula is C16H24N2O3. The number of hydrogen-bond acceptors (Lipinski definition) is 2. The monoisotopic (exact) mass is 292 g/mol. The zero-order chi connectivity index (χ0) is 15.8. The van der Waals surface area contributed by atoms with E-state index in [0.29, 0.717) is 13.0 Å². The highest BCUT2D eigenvalue weighted by atomic mass is 16.4. The van der Waals surface area contributed by atoms with E-state index in [0.717, 1.165) is 12.0 Å². The minimum Gasteiger partial charge on any atom is -0.480 e. The normalized spacial score (nSPS) is 12.0. The van der Waals surface area contributed by atoms with Crippen LogP contribution in [-0.2, 0) is 11.2 Å². The zero-order valence-corrected chi connectivity index (χ0v) is 12.8. The number of nitrogens with one attached hydrogen (secondary N) is 2. The third-order valence-corrected chi connectivity index (χ3v) is 3.13. The van der Waals surface area contributed by atoms with E-state index in [-0.39, 0.29) is 5.92 Å². The van der Waals surface area contributed by atoms with Crippen molar-refractivity contribution in [2.45, 2.75) is 39.7 Å². The minimum atomic E-state index is -1.00. The van der Waals surface area contributed by atoms with Gasteiger partial charge < -0.3 is 15.7 Å². The minimum absolute atomic E-state index is 0.207. The number of aliphatic carboxylic acids is 1. The Balaban J connectivity index is 2.35. The molecule has 0 saturated heterocycles. The highest BCUT2D eigenvalue weighted by Crippen LogP contribution is 2.05. The summed E-state index contributed by atoms with van der Waals surface area (Å²) in [5.41, 5.74) is 2.33. The van der Waals surface area contributed by atoms with E-state index in [2.05, 4.69) is 10.6 Å². The first-order valence-electron chi connectivity index (χ1n) is 7.21. The molecule has 0 saturated carbocycles. The van der Waals surface area contributed by atoms with Crippen LogP contribution in [0.25, 0.3) is 0 Å². The van der Waals surface area contributed by atoms with Crippen molar-refractivity contribution in [3.8, 4) is 0 Å². The molecule has 3 N–H and O–H groups in total. The first-order valence-corrected chi connectivity index (χ1v) is 7.21. The van der Waals surface area contributed by atoms with Crippen LogP contribution in [0, 0.1) is 12.8 Å². The average Bonchev–Trinajstić information content (AvgIpc) is 2.39. The van der Waals surface area contributed by atoms with E-state index >= 15 is 0 Å². The molecule has 1 aromatic rings. The van der Waals surface area contributed by atoms with Crippen molar-refractivity contribution in [1.82, 2.24) is 10.6 Å². The highest BCUT2D eigenvalue weighted by molar-refractivity contribution is 5.82. The van der Waals surface area contributed by atoms with Crippen LogP contribution in [0.4, 0.5) is 4.79 Å². The Labute approximate surface area is 125 Å². The lowest BCUT2D eigenvalue weighted by molar-refractivity contribution is -0.139. The van der Waals surface area contributed by atoms with E-state index in [1.165, 1.54) is 5.56 Å². The Bertz CT molecular complexity index is 469. The number of carboxylic acids is 1. The second-order valence-electron chi connectivity index (χ2n) is 5.66. The van der Waals surface area contributed by atoms with Gasteiger partial charge in [-0.05, 0) is 31.2 Å². The zero-order valence-electron chi connectivity index (χ0n) is 12.8. The number of benzene rings is 1. The molecule has 0 spiro atoms. The van der Waals surface area contributed by atoms with E-state index in [4.69, 9.17) is 5.11 Å². The predicted molar refractivity (Wildman–Crippen MR) is 82.3 cm³/mol. The lowest BCUT2D eigenvalue weighted by Gasteiger charge is -2.16. The van der Waals surface area contributed by atoms with Crippen molar-refractivity contribution in [2.24, 2.45) is 5.92 Å². The summed E-state index contributed by atoms with van der Waals surface area (Å²) >= 11 is 0. The molecule has 2 amide bonds. The number of hydrogen-bond donors (Lipinski definition) is 3. The van der Waals surface area contributed by atoms with Crippen LogP contribution in [0.15, 0.2) is 24.3 Å². The van der Waals surface area contributed by atoms with Crippen LogP contribution in [0.2, 0.25) is 0 Å². The van der Waals surface area contributed by atoms with Gasteiger partial charge in [0, 0.05) is 6.54 Å². The summed E-state index contributed by atoms with van der Waals surface area (Å²) in [6.45, 7) is 6.35. The van der Waals surface area contributed by atoms with Gasteiger partial charge in [0.15, 0.2) is 0 Å². The molecule has 0 aliphatic rings. The maximum Gasteiger partial charge on any atom is 0.326 e. The quantitative estimate of drug-likeness (QED) is 0.721. The van der Waals surface area contributed by atoms with Crippen LogP contribution in [0.1, 0.15) is 31.4 Å². The Morgan fingerprint density at radius 2 is 1.81 bits per heavy atom. The summed E-state index contributed by atoms with van der Waals surface area (Å²) in [5, 5.41) is 14.2. The molecule has 1 rings (SSSR count). The van der Waals surface area contributed by atoms with Crippen molar-refractivity contribution in [3.05, 3.63) is 35.4 Å². The number of rotatable bonds is 7. The van der Waals surface area contributed by atoms with Gasteiger partial charge in [-0.1, -0.05) is 43.7 Å². The molecule has 0 aliphatic heterocycles. The molecule has 0 aromatic heterocycles. The van der Waals surface area contributed by atoms with Crippen LogP contribution in [0.3, 0.4) is 0 Å². The number of carbonyl (C=O) groups excluding carboxylic acids is 1. The molecule has 0 radical (unpaired) electrons. The van der Waals surface area contributed by atoms with Crippen LogP contribution in [0.5, 0.6) is 0 Å². The summed E-state index contributed by atoms with van der Waals surface area (Å²) in [6.07, 6.45) is 1.14. The highest BCUT2D eigenvalue weighted by Gasteiger charge is 2.20. The second-order valence-corrected chi connectivity index (χ2v) is 5.66. The molecule has 116 valence electrons. The summed E-state index contributed by atoms with van der Waals surface area (Å²) in [4.78, 5) is 22.8. The van der Waals surface area contributed by atoms with Gasteiger partial charge in [-0.2, -0.15) is 0 Å². The Morgan fingerprint density at radius 1 is 1.19 bits per heavy atom. The topological polar surface area (TPSA) is 78.4 Å². The average molecular weight is 292 g/mol. The van der Waals surface area contributed by atoms with Crippen molar-refractivity contribution in [1.29, 1.82) is 0 Å². The molecule has 0 aliphatic carbocycles. The van der Waals surface area contributed by atoms with Crippen LogP contribution in [-0.4, -0.2) is 29.7 Å². The van der Waals surface area contributed by atoms with Crippen LogP contribution < -0.4 is 10.6 Å². The Hall–Kier alpha value is -2.04. The lowest BCUT2D eigenvalue weighted by Crippen LogP contribution is -2.47. The number of amides is 2. The molecule has 21 heavy (non-hydrogen) atoms. The van der Waals surface area contributed by atoms with Gasteiger partial charge in [0.05, 0.1) is 0 Å².